The van der Waals surface area contributed by atoms with Crippen LogP contribution in [0.1, 0.15) is 6.42 Å². The van der Waals surface area contributed by atoms with E-state index >= 15 is 0 Å². The molecule has 1 atom stereocenters. The van der Waals surface area contributed by atoms with E-state index in [0.29, 0.717) is 7.11 Å². The number of alkyl halides is 8. The summed E-state index contributed by atoms with van der Waals surface area (Å²) in [4.78, 5) is 10.8. The summed E-state index contributed by atoms with van der Waals surface area (Å²) in [6, 6.07) is 0. The van der Waals surface area contributed by atoms with E-state index < -0.39 is 42.4 Å². The summed E-state index contributed by atoms with van der Waals surface area (Å²) in [5.74, 6) is -25.6. The van der Waals surface area contributed by atoms with Gasteiger partial charge < -0.3 is 14.6 Å². The number of aliphatic hydroxyl groups is 1. The Balaban J connectivity index is 5.85. The zero-order chi connectivity index (χ0) is 17.3. The number of rotatable bonds is 7. The van der Waals surface area contributed by atoms with Crippen LogP contribution < -0.4 is 0 Å². The Morgan fingerprint density at radius 1 is 1.05 bits per heavy atom. The second-order valence-corrected chi connectivity index (χ2v) is 3.81. The molecule has 126 valence electrons. The lowest BCUT2D eigenvalue weighted by Gasteiger charge is -2.40. The molecule has 0 saturated heterocycles. The molecule has 12 heteroatoms. The molecule has 0 radical (unpaired) electrons. The number of carbonyl (C=O) groups excluding carboxylic acids is 1. The highest BCUT2D eigenvalue weighted by Gasteiger charge is 2.81. The van der Waals surface area contributed by atoms with Crippen molar-refractivity contribution in [3.05, 3.63) is 0 Å². The van der Waals surface area contributed by atoms with Crippen LogP contribution in [-0.4, -0.2) is 55.3 Å². The Morgan fingerprint density at radius 3 is 1.76 bits per heavy atom. The minimum absolute atomic E-state index is 0.188. The predicted octanol–water partition coefficient (Wildman–Crippen LogP) is 2.06. The van der Waals surface area contributed by atoms with Crippen LogP contribution in [0.2, 0.25) is 0 Å². The summed E-state index contributed by atoms with van der Waals surface area (Å²) >= 11 is 0. The van der Waals surface area contributed by atoms with Crippen LogP contribution in [-0.2, 0) is 14.3 Å². The van der Waals surface area contributed by atoms with Crippen LogP contribution in [0.5, 0.6) is 0 Å². The van der Waals surface area contributed by atoms with Crippen molar-refractivity contribution in [2.24, 2.45) is 0 Å². The largest absolute Gasteiger partial charge is 0.469 e. The summed E-state index contributed by atoms with van der Waals surface area (Å²) in [6.07, 6.45) is -7.15. The standard InChI is InChI=1S/C9H10F8O4/c1-20-4(18)3-6(19,21-2)8(14,15)9(16,17)7(12,13)5(10)11/h5,19H,3H2,1-2H3. The van der Waals surface area contributed by atoms with E-state index in [4.69, 9.17) is 0 Å². The van der Waals surface area contributed by atoms with E-state index in [1.165, 1.54) is 0 Å². The molecular formula is C9H10F8O4. The lowest BCUT2D eigenvalue weighted by molar-refractivity contribution is -0.415. The normalized spacial score (nSPS) is 16.8. The van der Waals surface area contributed by atoms with Crippen LogP contribution in [0, 0.1) is 0 Å². The number of carbonyl (C=O) groups is 1. The Kier molecular flexibility index (Phi) is 5.58. The van der Waals surface area contributed by atoms with Gasteiger partial charge in [-0.25, -0.2) is 8.78 Å². The molecule has 0 aromatic rings. The minimum Gasteiger partial charge on any atom is -0.469 e. The SMILES string of the molecule is COC(=O)CC(O)(OC)C(F)(F)C(F)(F)C(F)(F)C(F)F. The molecule has 0 bridgehead atoms. The number of ether oxygens (including phenoxy) is 2. The molecule has 21 heavy (non-hydrogen) atoms. The third-order valence-electron chi connectivity index (χ3n) is 2.53. The monoisotopic (exact) mass is 334 g/mol. The third-order valence-corrected chi connectivity index (χ3v) is 2.53. The van der Waals surface area contributed by atoms with E-state index in [1.54, 1.807) is 0 Å². The first-order valence-electron chi connectivity index (χ1n) is 4.97. The Labute approximate surface area is 112 Å². The average molecular weight is 334 g/mol. The third kappa shape index (κ3) is 3.05. The highest BCUT2D eigenvalue weighted by atomic mass is 19.4. The van der Waals surface area contributed by atoms with Crippen LogP contribution in [0.3, 0.4) is 0 Å². The van der Waals surface area contributed by atoms with Crippen LogP contribution >= 0.6 is 0 Å². The summed E-state index contributed by atoms with van der Waals surface area (Å²) < 4.78 is 110. The first-order chi connectivity index (χ1) is 9.21. The lowest BCUT2D eigenvalue weighted by Crippen LogP contribution is -2.67. The van der Waals surface area contributed by atoms with E-state index in [-0.39, 0.29) is 7.11 Å². The maximum Gasteiger partial charge on any atom is 0.383 e. The van der Waals surface area contributed by atoms with E-state index in [2.05, 4.69) is 9.47 Å². The van der Waals surface area contributed by atoms with Gasteiger partial charge in [-0.05, 0) is 0 Å². The summed E-state index contributed by atoms with van der Waals surface area (Å²) in [7, 11) is 0.801. The number of esters is 1. The zero-order valence-electron chi connectivity index (χ0n) is 10.5. The highest BCUT2D eigenvalue weighted by Crippen LogP contribution is 2.53. The zero-order valence-corrected chi connectivity index (χ0v) is 10.5. The van der Waals surface area contributed by atoms with E-state index in [9.17, 15) is 45.0 Å². The van der Waals surface area contributed by atoms with Crippen molar-refractivity contribution in [2.45, 2.75) is 36.4 Å². The van der Waals surface area contributed by atoms with Crippen LogP contribution in [0.25, 0.3) is 0 Å². The molecule has 0 spiro atoms. The van der Waals surface area contributed by atoms with Crippen LogP contribution in [0.15, 0.2) is 0 Å². The molecule has 4 nitrogen and oxygen atoms in total. The maximum absolute atomic E-state index is 13.5. The number of halogens is 8. The summed E-state index contributed by atoms with van der Waals surface area (Å²) in [6.45, 7) is 0. The Morgan fingerprint density at radius 2 is 1.48 bits per heavy atom. The van der Waals surface area contributed by atoms with Gasteiger partial charge in [0.2, 0.25) is 5.79 Å². The highest BCUT2D eigenvalue weighted by molar-refractivity contribution is 5.70. The molecule has 0 heterocycles. The topological polar surface area (TPSA) is 55.8 Å². The fourth-order valence-electron chi connectivity index (χ4n) is 1.17. The van der Waals surface area contributed by atoms with Crippen molar-refractivity contribution in [3.63, 3.8) is 0 Å². The average Bonchev–Trinajstić information content (AvgIpc) is 2.37. The lowest BCUT2D eigenvalue weighted by atomic mass is 9.94. The first kappa shape index (κ1) is 19.8. The van der Waals surface area contributed by atoms with Gasteiger partial charge in [-0.2, -0.15) is 26.3 Å². The summed E-state index contributed by atoms with van der Waals surface area (Å²) in [5.41, 5.74) is 0. The second kappa shape index (κ2) is 5.91. The van der Waals surface area contributed by atoms with Gasteiger partial charge in [-0.3, -0.25) is 4.79 Å². The van der Waals surface area contributed by atoms with Gasteiger partial charge >= 0.3 is 30.2 Å². The molecule has 0 aromatic heterocycles. The quantitative estimate of drug-likeness (QED) is 0.440. The van der Waals surface area contributed by atoms with Gasteiger partial charge in [-0.15, -0.1) is 0 Å². The minimum atomic E-state index is -6.72. The molecule has 1 unspecified atom stereocenters. The van der Waals surface area contributed by atoms with Crippen LogP contribution in [0.4, 0.5) is 35.1 Å². The van der Waals surface area contributed by atoms with Gasteiger partial charge in [0, 0.05) is 7.11 Å². The molecule has 0 rings (SSSR count). The van der Waals surface area contributed by atoms with Crippen molar-refractivity contribution >= 4 is 5.97 Å². The maximum atomic E-state index is 13.5. The molecule has 0 amide bonds. The molecular weight excluding hydrogens is 324 g/mol. The number of hydrogen-bond acceptors (Lipinski definition) is 4. The first-order valence-corrected chi connectivity index (χ1v) is 4.97. The van der Waals surface area contributed by atoms with Crippen molar-refractivity contribution in [2.75, 3.05) is 14.2 Å². The fourth-order valence-corrected chi connectivity index (χ4v) is 1.17. The van der Waals surface area contributed by atoms with E-state index in [0.717, 1.165) is 0 Å². The Hall–Kier alpha value is -1.17. The molecule has 0 fully saturated rings. The molecule has 0 aliphatic carbocycles. The molecule has 0 saturated carbocycles. The van der Waals surface area contributed by atoms with Gasteiger partial charge in [0.25, 0.3) is 0 Å². The van der Waals surface area contributed by atoms with Gasteiger partial charge in [-0.1, -0.05) is 0 Å². The molecule has 0 aliphatic heterocycles. The van der Waals surface area contributed by atoms with Crippen molar-refractivity contribution < 1.29 is 54.5 Å². The van der Waals surface area contributed by atoms with Crippen molar-refractivity contribution in [3.8, 4) is 0 Å². The fraction of sp³-hybridized carbons (Fsp3) is 0.889. The van der Waals surface area contributed by atoms with Gasteiger partial charge in [0.15, 0.2) is 0 Å². The molecule has 1 N–H and O–H groups in total. The smallest absolute Gasteiger partial charge is 0.383 e. The number of hydrogen-bond donors (Lipinski definition) is 1. The predicted molar refractivity (Wildman–Crippen MR) is 49.4 cm³/mol. The Bertz CT molecular complexity index is 386. The number of methoxy groups -OCH3 is 2. The van der Waals surface area contributed by atoms with Crippen molar-refractivity contribution in [1.29, 1.82) is 0 Å². The van der Waals surface area contributed by atoms with E-state index in [1.807, 2.05) is 0 Å². The van der Waals surface area contributed by atoms with Gasteiger partial charge in [0.05, 0.1) is 7.11 Å². The second-order valence-electron chi connectivity index (χ2n) is 3.81. The molecule has 0 aliphatic rings. The summed E-state index contributed by atoms with van der Waals surface area (Å²) in [5, 5.41) is 9.20. The van der Waals surface area contributed by atoms with Gasteiger partial charge in [0.1, 0.15) is 6.42 Å². The van der Waals surface area contributed by atoms with Crippen molar-refractivity contribution in [1.82, 2.24) is 0 Å². The molecule has 0 aromatic carbocycles.